The van der Waals surface area contributed by atoms with Crippen LogP contribution in [0.2, 0.25) is 0 Å². The Morgan fingerprint density at radius 3 is 2.33 bits per heavy atom. The molecule has 4 heteroatoms. The third-order valence-electron chi connectivity index (χ3n) is 3.97. The molecule has 1 aliphatic carbocycles. The van der Waals surface area contributed by atoms with E-state index in [1.54, 1.807) is 0 Å². The Balaban J connectivity index is 1.81. The molecule has 1 saturated heterocycles. The average molecular weight is 252 g/mol. The highest BCUT2D eigenvalue weighted by atomic mass is 16.2. The van der Waals surface area contributed by atoms with Gasteiger partial charge in [-0.3, -0.25) is 9.59 Å². The van der Waals surface area contributed by atoms with Crippen LogP contribution >= 0.6 is 0 Å². The minimum Gasteiger partial charge on any atom is -0.351 e. The topological polar surface area (TPSA) is 49.4 Å². The molecule has 1 unspecified atom stereocenters. The number of amides is 2. The van der Waals surface area contributed by atoms with Gasteiger partial charge in [-0.05, 0) is 19.3 Å². The van der Waals surface area contributed by atoms with Crippen LogP contribution in [0.3, 0.4) is 0 Å². The lowest BCUT2D eigenvalue weighted by Crippen LogP contribution is -2.44. The molecule has 2 fully saturated rings. The van der Waals surface area contributed by atoms with E-state index in [1.807, 2.05) is 25.7 Å². The van der Waals surface area contributed by atoms with E-state index in [-0.39, 0.29) is 23.3 Å². The van der Waals surface area contributed by atoms with E-state index in [0.29, 0.717) is 12.5 Å². The first kappa shape index (κ1) is 13.4. The van der Waals surface area contributed by atoms with E-state index in [2.05, 4.69) is 5.32 Å². The highest BCUT2D eigenvalue weighted by Crippen LogP contribution is 2.29. The molecule has 0 spiro atoms. The molecular formula is C14H24N2O2. The molecule has 1 N–H and O–H groups in total. The van der Waals surface area contributed by atoms with E-state index < -0.39 is 0 Å². The van der Waals surface area contributed by atoms with E-state index in [1.165, 1.54) is 6.42 Å². The predicted molar refractivity (Wildman–Crippen MR) is 69.9 cm³/mol. The summed E-state index contributed by atoms with van der Waals surface area (Å²) in [7, 11) is 0. The van der Waals surface area contributed by atoms with Gasteiger partial charge in [0.05, 0.1) is 0 Å². The molecule has 1 heterocycles. The molecule has 0 aromatic heterocycles. The molecule has 1 saturated carbocycles. The SMILES string of the molecule is CC(C)(C)C(=O)NC1CCN(C(=O)C2CCC2)C1. The first-order chi connectivity index (χ1) is 8.38. The summed E-state index contributed by atoms with van der Waals surface area (Å²) >= 11 is 0. The van der Waals surface area contributed by atoms with Gasteiger partial charge in [0.1, 0.15) is 0 Å². The van der Waals surface area contributed by atoms with E-state index >= 15 is 0 Å². The second-order valence-corrected chi connectivity index (χ2v) is 6.62. The lowest BCUT2D eigenvalue weighted by molar-refractivity contribution is -0.137. The largest absolute Gasteiger partial charge is 0.351 e. The lowest BCUT2D eigenvalue weighted by atomic mass is 9.84. The van der Waals surface area contributed by atoms with Gasteiger partial charge in [-0.1, -0.05) is 27.2 Å². The lowest BCUT2D eigenvalue weighted by Gasteiger charge is -2.29. The highest BCUT2D eigenvalue weighted by Gasteiger charge is 2.35. The van der Waals surface area contributed by atoms with Crippen molar-refractivity contribution in [2.45, 2.75) is 52.5 Å². The number of likely N-dealkylation sites (tertiary alicyclic amines) is 1. The van der Waals surface area contributed by atoms with Gasteiger partial charge < -0.3 is 10.2 Å². The maximum absolute atomic E-state index is 12.1. The van der Waals surface area contributed by atoms with Crippen LogP contribution in [-0.4, -0.2) is 35.8 Å². The summed E-state index contributed by atoms with van der Waals surface area (Å²) in [4.78, 5) is 25.9. The van der Waals surface area contributed by atoms with Gasteiger partial charge in [0.15, 0.2) is 0 Å². The van der Waals surface area contributed by atoms with Gasteiger partial charge in [0, 0.05) is 30.5 Å². The number of nitrogens with one attached hydrogen (secondary N) is 1. The van der Waals surface area contributed by atoms with Crippen LogP contribution in [0.25, 0.3) is 0 Å². The maximum Gasteiger partial charge on any atom is 0.225 e. The second kappa shape index (κ2) is 4.90. The van der Waals surface area contributed by atoms with Crippen LogP contribution in [0.5, 0.6) is 0 Å². The monoisotopic (exact) mass is 252 g/mol. The number of hydrogen-bond donors (Lipinski definition) is 1. The van der Waals surface area contributed by atoms with Crippen molar-refractivity contribution in [3.8, 4) is 0 Å². The van der Waals surface area contributed by atoms with Crippen LogP contribution in [0, 0.1) is 11.3 Å². The average Bonchev–Trinajstić information content (AvgIpc) is 2.61. The van der Waals surface area contributed by atoms with E-state index in [9.17, 15) is 9.59 Å². The van der Waals surface area contributed by atoms with Crippen molar-refractivity contribution in [2.75, 3.05) is 13.1 Å². The fourth-order valence-corrected chi connectivity index (χ4v) is 2.39. The predicted octanol–water partition coefficient (Wildman–Crippen LogP) is 1.55. The quantitative estimate of drug-likeness (QED) is 0.810. The molecule has 1 aliphatic heterocycles. The smallest absolute Gasteiger partial charge is 0.225 e. The first-order valence-corrected chi connectivity index (χ1v) is 6.97. The Bertz CT molecular complexity index is 342. The minimum absolute atomic E-state index is 0.0745. The van der Waals surface area contributed by atoms with Crippen LogP contribution in [0.15, 0.2) is 0 Å². The Hall–Kier alpha value is -1.06. The zero-order valence-corrected chi connectivity index (χ0v) is 11.7. The van der Waals surface area contributed by atoms with Crippen molar-refractivity contribution >= 4 is 11.8 Å². The summed E-state index contributed by atoms with van der Waals surface area (Å²) in [6, 6.07) is 0.140. The molecule has 1 atom stereocenters. The number of nitrogens with zero attached hydrogens (tertiary/aromatic N) is 1. The van der Waals surface area contributed by atoms with Crippen LogP contribution in [-0.2, 0) is 9.59 Å². The zero-order valence-electron chi connectivity index (χ0n) is 11.7. The number of hydrogen-bond acceptors (Lipinski definition) is 2. The summed E-state index contributed by atoms with van der Waals surface area (Å²) in [5.74, 6) is 0.640. The van der Waals surface area contributed by atoms with Gasteiger partial charge in [-0.25, -0.2) is 0 Å². The normalized spacial score (nSPS) is 24.8. The number of rotatable bonds is 2. The maximum atomic E-state index is 12.1. The zero-order chi connectivity index (χ0) is 13.3. The van der Waals surface area contributed by atoms with Gasteiger partial charge in [0.25, 0.3) is 0 Å². The van der Waals surface area contributed by atoms with Crippen molar-refractivity contribution < 1.29 is 9.59 Å². The summed E-state index contributed by atoms with van der Waals surface area (Å²) in [6.07, 6.45) is 4.18. The molecule has 0 aromatic rings. The summed E-state index contributed by atoms with van der Waals surface area (Å²) in [6.45, 7) is 7.22. The van der Waals surface area contributed by atoms with E-state index in [0.717, 1.165) is 25.8 Å². The first-order valence-electron chi connectivity index (χ1n) is 6.97. The van der Waals surface area contributed by atoms with Crippen molar-refractivity contribution in [1.82, 2.24) is 10.2 Å². The molecule has 0 bridgehead atoms. The fourth-order valence-electron chi connectivity index (χ4n) is 2.39. The molecule has 2 aliphatic rings. The summed E-state index contributed by atoms with van der Waals surface area (Å²) < 4.78 is 0. The molecule has 18 heavy (non-hydrogen) atoms. The Morgan fingerprint density at radius 1 is 1.17 bits per heavy atom. The molecular weight excluding hydrogens is 228 g/mol. The molecule has 102 valence electrons. The van der Waals surface area contributed by atoms with Crippen molar-refractivity contribution in [3.63, 3.8) is 0 Å². The summed E-state index contributed by atoms with van der Waals surface area (Å²) in [5.41, 5.74) is -0.356. The van der Waals surface area contributed by atoms with Crippen LogP contribution in [0.1, 0.15) is 46.5 Å². The van der Waals surface area contributed by atoms with Crippen molar-refractivity contribution in [2.24, 2.45) is 11.3 Å². The molecule has 2 rings (SSSR count). The number of carbonyl (C=O) groups is 2. The fraction of sp³-hybridized carbons (Fsp3) is 0.857. The minimum atomic E-state index is -0.356. The third kappa shape index (κ3) is 2.85. The van der Waals surface area contributed by atoms with Crippen molar-refractivity contribution in [3.05, 3.63) is 0 Å². The van der Waals surface area contributed by atoms with E-state index in [4.69, 9.17) is 0 Å². The van der Waals surface area contributed by atoms with Crippen LogP contribution in [0.4, 0.5) is 0 Å². The second-order valence-electron chi connectivity index (χ2n) is 6.62. The Morgan fingerprint density at radius 2 is 1.83 bits per heavy atom. The molecule has 0 aromatic carbocycles. The van der Waals surface area contributed by atoms with Gasteiger partial charge in [-0.2, -0.15) is 0 Å². The van der Waals surface area contributed by atoms with Gasteiger partial charge >= 0.3 is 0 Å². The highest BCUT2D eigenvalue weighted by molar-refractivity contribution is 5.82. The standard InChI is InChI=1S/C14H24N2O2/c1-14(2,3)13(18)15-11-7-8-16(9-11)12(17)10-5-4-6-10/h10-11H,4-9H2,1-3H3,(H,15,18). The molecule has 4 nitrogen and oxygen atoms in total. The van der Waals surface area contributed by atoms with Gasteiger partial charge in [0.2, 0.25) is 11.8 Å². The Kier molecular flexibility index (Phi) is 3.64. The third-order valence-corrected chi connectivity index (χ3v) is 3.97. The summed E-state index contributed by atoms with van der Waals surface area (Å²) in [5, 5.41) is 3.05. The Labute approximate surface area is 109 Å². The van der Waals surface area contributed by atoms with Crippen molar-refractivity contribution in [1.29, 1.82) is 0 Å². The van der Waals surface area contributed by atoms with Gasteiger partial charge in [-0.15, -0.1) is 0 Å². The van der Waals surface area contributed by atoms with Crippen LogP contribution < -0.4 is 5.32 Å². The molecule has 2 amide bonds. The number of carbonyl (C=O) groups excluding carboxylic acids is 2. The molecule has 0 radical (unpaired) electrons.